The average molecular weight is 299 g/mol. The summed E-state index contributed by atoms with van der Waals surface area (Å²) in [6.45, 7) is 2.24. The van der Waals surface area contributed by atoms with Crippen LogP contribution in [0.15, 0.2) is 22.6 Å². The zero-order valence-electron chi connectivity index (χ0n) is 12.8. The Morgan fingerprint density at radius 1 is 1.45 bits per heavy atom. The molecule has 0 bridgehead atoms. The van der Waals surface area contributed by atoms with Gasteiger partial charge < -0.3 is 9.73 Å². The average Bonchev–Trinajstić information content (AvgIpc) is 3.38. The lowest BCUT2D eigenvalue weighted by Crippen LogP contribution is -2.12. The number of aromatic amines is 1. The van der Waals surface area contributed by atoms with Crippen LogP contribution in [0.25, 0.3) is 0 Å². The second-order valence-corrected chi connectivity index (χ2v) is 6.65. The number of anilines is 1. The van der Waals surface area contributed by atoms with Crippen LogP contribution in [0, 0.1) is 5.92 Å². The number of amides is 1. The number of furan rings is 1. The summed E-state index contributed by atoms with van der Waals surface area (Å²) in [6, 6.07) is 5.99. The van der Waals surface area contributed by atoms with E-state index in [0.29, 0.717) is 30.5 Å². The highest BCUT2D eigenvalue weighted by atomic mass is 16.3. The van der Waals surface area contributed by atoms with Gasteiger partial charge in [0.05, 0.1) is 0 Å². The molecule has 116 valence electrons. The van der Waals surface area contributed by atoms with Crippen LogP contribution in [0.1, 0.15) is 61.7 Å². The SMILES string of the molecule is CC1CC1c1ccc(CCC(=O)Nc2cc(C3CC3)[nH]n2)o1. The first-order valence-corrected chi connectivity index (χ1v) is 8.13. The Kier molecular flexibility index (Phi) is 3.28. The minimum Gasteiger partial charge on any atom is -0.466 e. The molecule has 2 aliphatic carbocycles. The van der Waals surface area contributed by atoms with Gasteiger partial charge in [-0.05, 0) is 37.3 Å². The number of carbonyl (C=O) groups excluding carboxylic acids is 1. The van der Waals surface area contributed by atoms with Gasteiger partial charge in [0.25, 0.3) is 0 Å². The van der Waals surface area contributed by atoms with Crippen molar-refractivity contribution in [2.24, 2.45) is 5.92 Å². The molecule has 2 N–H and O–H groups in total. The maximum Gasteiger partial charge on any atom is 0.226 e. The fourth-order valence-electron chi connectivity index (χ4n) is 2.89. The molecule has 22 heavy (non-hydrogen) atoms. The van der Waals surface area contributed by atoms with Gasteiger partial charge in [-0.2, -0.15) is 5.10 Å². The van der Waals surface area contributed by atoms with Gasteiger partial charge in [-0.25, -0.2) is 0 Å². The number of hydrogen-bond acceptors (Lipinski definition) is 3. The van der Waals surface area contributed by atoms with Crippen molar-refractivity contribution in [2.75, 3.05) is 5.32 Å². The number of carbonyl (C=O) groups is 1. The zero-order valence-corrected chi connectivity index (χ0v) is 12.8. The molecule has 2 atom stereocenters. The van der Waals surface area contributed by atoms with Gasteiger partial charge in [0, 0.05) is 36.4 Å². The second-order valence-electron chi connectivity index (χ2n) is 6.65. The molecule has 2 saturated carbocycles. The van der Waals surface area contributed by atoms with Gasteiger partial charge in [0.15, 0.2) is 5.82 Å². The van der Waals surface area contributed by atoms with E-state index in [0.717, 1.165) is 23.1 Å². The number of H-pyrrole nitrogens is 1. The van der Waals surface area contributed by atoms with Crippen molar-refractivity contribution < 1.29 is 9.21 Å². The molecule has 2 aromatic rings. The zero-order chi connectivity index (χ0) is 15.1. The molecular weight excluding hydrogens is 278 g/mol. The maximum atomic E-state index is 12.0. The number of rotatable bonds is 6. The van der Waals surface area contributed by atoms with Gasteiger partial charge in [0.2, 0.25) is 5.91 Å². The lowest BCUT2D eigenvalue weighted by atomic mass is 10.2. The Morgan fingerprint density at radius 3 is 3.00 bits per heavy atom. The molecule has 5 heteroatoms. The van der Waals surface area contributed by atoms with Crippen molar-refractivity contribution in [1.82, 2.24) is 10.2 Å². The van der Waals surface area contributed by atoms with Crippen molar-refractivity contribution >= 4 is 11.7 Å². The van der Waals surface area contributed by atoms with E-state index < -0.39 is 0 Å². The van der Waals surface area contributed by atoms with Crippen LogP contribution in [0.4, 0.5) is 5.82 Å². The third-order valence-corrected chi connectivity index (χ3v) is 4.64. The molecule has 0 saturated heterocycles. The minimum absolute atomic E-state index is 0.0217. The molecule has 1 amide bonds. The van der Waals surface area contributed by atoms with Crippen molar-refractivity contribution in [3.63, 3.8) is 0 Å². The van der Waals surface area contributed by atoms with Crippen LogP contribution < -0.4 is 5.32 Å². The number of nitrogens with one attached hydrogen (secondary N) is 2. The molecule has 0 radical (unpaired) electrons. The Bertz CT molecular complexity index is 684. The molecule has 2 aromatic heterocycles. The lowest BCUT2D eigenvalue weighted by Gasteiger charge is -2.00. The fourth-order valence-corrected chi connectivity index (χ4v) is 2.89. The highest BCUT2D eigenvalue weighted by Crippen LogP contribution is 2.47. The van der Waals surface area contributed by atoms with E-state index in [9.17, 15) is 4.79 Å². The first-order valence-electron chi connectivity index (χ1n) is 8.13. The number of nitrogens with zero attached hydrogens (tertiary/aromatic N) is 1. The summed E-state index contributed by atoms with van der Waals surface area (Å²) in [5.74, 6) is 4.51. The van der Waals surface area contributed by atoms with E-state index in [1.807, 2.05) is 12.1 Å². The van der Waals surface area contributed by atoms with E-state index >= 15 is 0 Å². The van der Waals surface area contributed by atoms with Crippen molar-refractivity contribution in [2.45, 2.75) is 50.9 Å². The molecule has 2 unspecified atom stereocenters. The highest BCUT2D eigenvalue weighted by molar-refractivity contribution is 5.89. The van der Waals surface area contributed by atoms with Gasteiger partial charge in [-0.1, -0.05) is 6.92 Å². The monoisotopic (exact) mass is 299 g/mol. The molecule has 2 fully saturated rings. The van der Waals surface area contributed by atoms with Gasteiger partial charge in [-0.3, -0.25) is 9.89 Å². The van der Waals surface area contributed by atoms with Gasteiger partial charge in [0.1, 0.15) is 11.5 Å². The largest absolute Gasteiger partial charge is 0.466 e. The normalized spacial score (nSPS) is 23.5. The molecule has 0 aromatic carbocycles. The molecule has 4 rings (SSSR count). The van der Waals surface area contributed by atoms with Crippen molar-refractivity contribution in [1.29, 1.82) is 0 Å². The Hall–Kier alpha value is -2.04. The van der Waals surface area contributed by atoms with Gasteiger partial charge in [-0.15, -0.1) is 0 Å². The number of aryl methyl sites for hydroxylation is 1. The summed E-state index contributed by atoms with van der Waals surface area (Å²) in [4.78, 5) is 12.0. The lowest BCUT2D eigenvalue weighted by molar-refractivity contribution is -0.116. The molecule has 0 spiro atoms. The predicted octanol–water partition coefficient (Wildman–Crippen LogP) is 3.57. The van der Waals surface area contributed by atoms with Crippen LogP contribution in [-0.2, 0) is 11.2 Å². The quantitative estimate of drug-likeness (QED) is 0.856. The Labute approximate surface area is 129 Å². The molecule has 2 aliphatic rings. The third kappa shape index (κ3) is 2.93. The van der Waals surface area contributed by atoms with Crippen LogP contribution in [0.2, 0.25) is 0 Å². The van der Waals surface area contributed by atoms with E-state index in [1.165, 1.54) is 19.3 Å². The second kappa shape index (κ2) is 5.30. The summed E-state index contributed by atoms with van der Waals surface area (Å²) in [7, 11) is 0. The first-order chi connectivity index (χ1) is 10.7. The molecule has 0 aliphatic heterocycles. The summed E-state index contributed by atoms with van der Waals surface area (Å²) in [6.07, 6.45) is 4.70. The topological polar surface area (TPSA) is 70.9 Å². The first kappa shape index (κ1) is 13.6. The Balaban J connectivity index is 1.27. The predicted molar refractivity (Wildman–Crippen MR) is 82.7 cm³/mol. The number of aromatic nitrogens is 2. The van der Waals surface area contributed by atoms with E-state index in [2.05, 4.69) is 28.5 Å². The molecule has 2 heterocycles. The fraction of sp³-hybridized carbons (Fsp3) is 0.529. The Morgan fingerprint density at radius 2 is 2.27 bits per heavy atom. The van der Waals surface area contributed by atoms with Crippen LogP contribution in [-0.4, -0.2) is 16.1 Å². The van der Waals surface area contributed by atoms with Crippen LogP contribution in [0.3, 0.4) is 0 Å². The summed E-state index contributed by atoms with van der Waals surface area (Å²) >= 11 is 0. The summed E-state index contributed by atoms with van der Waals surface area (Å²) in [5.41, 5.74) is 1.13. The van der Waals surface area contributed by atoms with Crippen LogP contribution >= 0.6 is 0 Å². The third-order valence-electron chi connectivity index (χ3n) is 4.64. The smallest absolute Gasteiger partial charge is 0.226 e. The summed E-state index contributed by atoms with van der Waals surface area (Å²) in [5, 5.41) is 9.97. The maximum absolute atomic E-state index is 12.0. The van der Waals surface area contributed by atoms with E-state index in [1.54, 1.807) is 0 Å². The highest BCUT2D eigenvalue weighted by Gasteiger charge is 2.36. The van der Waals surface area contributed by atoms with E-state index in [4.69, 9.17) is 4.42 Å². The van der Waals surface area contributed by atoms with Crippen molar-refractivity contribution in [3.05, 3.63) is 35.4 Å². The van der Waals surface area contributed by atoms with Crippen LogP contribution in [0.5, 0.6) is 0 Å². The van der Waals surface area contributed by atoms with E-state index in [-0.39, 0.29) is 5.91 Å². The van der Waals surface area contributed by atoms with Crippen molar-refractivity contribution in [3.8, 4) is 0 Å². The van der Waals surface area contributed by atoms with Gasteiger partial charge >= 0.3 is 0 Å². The molecular formula is C17H21N3O2. The minimum atomic E-state index is -0.0217. The molecule has 5 nitrogen and oxygen atoms in total. The standard InChI is InChI=1S/C17H21N3O2/c1-10-8-13(10)15-6-4-12(22-15)5-7-17(21)18-16-9-14(19-20-16)11-2-3-11/h4,6,9-11,13H,2-3,5,7-8H2,1H3,(H2,18,19,20,21). The number of hydrogen-bond donors (Lipinski definition) is 2. The summed E-state index contributed by atoms with van der Waals surface area (Å²) < 4.78 is 5.82.